The molecule has 1 fully saturated rings. The molecule has 1 aliphatic rings. The minimum absolute atomic E-state index is 0.152. The molecule has 0 aromatic heterocycles. The number of morpholine rings is 1. The lowest BCUT2D eigenvalue weighted by Crippen LogP contribution is -2.51. The number of carbonyl (C=O) groups is 2. The van der Waals surface area contributed by atoms with Crippen molar-refractivity contribution in [3.05, 3.63) is 70.5 Å². The molecule has 0 radical (unpaired) electrons. The molecule has 2 aromatic rings. The summed E-state index contributed by atoms with van der Waals surface area (Å²) in [5, 5.41) is 0.410. The molecule has 0 aliphatic carbocycles. The van der Waals surface area contributed by atoms with Crippen LogP contribution >= 0.6 is 11.6 Å². The molecule has 0 bridgehead atoms. The van der Waals surface area contributed by atoms with Crippen molar-refractivity contribution in [2.24, 2.45) is 5.92 Å². The van der Waals surface area contributed by atoms with Gasteiger partial charge >= 0.3 is 0 Å². The lowest BCUT2D eigenvalue weighted by Gasteiger charge is -2.36. The summed E-state index contributed by atoms with van der Waals surface area (Å²) in [4.78, 5) is 29.3. The van der Waals surface area contributed by atoms with Gasteiger partial charge < -0.3 is 14.5 Å². The quantitative estimate of drug-likeness (QED) is 0.690. The Labute approximate surface area is 181 Å². The van der Waals surface area contributed by atoms with Crippen LogP contribution in [0.2, 0.25) is 5.02 Å². The average Bonchev–Trinajstić information content (AvgIpc) is 2.72. The molecule has 2 amide bonds. The summed E-state index contributed by atoms with van der Waals surface area (Å²) in [7, 11) is 0. The van der Waals surface area contributed by atoms with Crippen LogP contribution in [0.3, 0.4) is 0 Å². The highest BCUT2D eigenvalue weighted by Crippen LogP contribution is 2.20. The van der Waals surface area contributed by atoms with Gasteiger partial charge in [0, 0.05) is 31.7 Å². The Hall–Kier alpha value is -2.44. The van der Waals surface area contributed by atoms with E-state index in [0.29, 0.717) is 48.9 Å². The van der Waals surface area contributed by atoms with Crippen LogP contribution in [-0.2, 0) is 4.74 Å². The van der Waals surface area contributed by atoms with E-state index in [1.165, 1.54) is 18.2 Å². The summed E-state index contributed by atoms with van der Waals surface area (Å²) in [6.07, 6.45) is -0.332. The maximum atomic E-state index is 13.6. The highest BCUT2D eigenvalue weighted by molar-refractivity contribution is 6.33. The van der Waals surface area contributed by atoms with Gasteiger partial charge in [-0.25, -0.2) is 4.39 Å². The molecule has 0 saturated carbocycles. The highest BCUT2D eigenvalue weighted by atomic mass is 35.5. The molecule has 0 spiro atoms. The monoisotopic (exact) mass is 432 g/mol. The third-order valence-corrected chi connectivity index (χ3v) is 5.23. The number of hydrogen-bond acceptors (Lipinski definition) is 3. The van der Waals surface area contributed by atoms with E-state index in [-0.39, 0.29) is 23.8 Å². The first-order valence-electron chi connectivity index (χ1n) is 10.1. The highest BCUT2D eigenvalue weighted by Gasteiger charge is 2.29. The SMILES string of the molecule is CC(C)CN(CC1CN(C(=O)c2ccccc2Cl)CCO1)C(=O)c1cccc(F)c1. The Bertz CT molecular complexity index is 906. The molecular weight excluding hydrogens is 407 g/mol. The van der Waals surface area contributed by atoms with Crippen molar-refractivity contribution in [2.75, 3.05) is 32.8 Å². The molecule has 30 heavy (non-hydrogen) atoms. The van der Waals surface area contributed by atoms with E-state index in [1.54, 1.807) is 40.1 Å². The van der Waals surface area contributed by atoms with E-state index in [2.05, 4.69) is 0 Å². The molecule has 5 nitrogen and oxygen atoms in total. The van der Waals surface area contributed by atoms with E-state index in [1.807, 2.05) is 13.8 Å². The number of hydrogen-bond donors (Lipinski definition) is 0. The van der Waals surface area contributed by atoms with Gasteiger partial charge in [-0.05, 0) is 36.2 Å². The largest absolute Gasteiger partial charge is 0.373 e. The van der Waals surface area contributed by atoms with Gasteiger partial charge in [-0.15, -0.1) is 0 Å². The number of ether oxygens (including phenoxy) is 1. The zero-order valence-electron chi connectivity index (χ0n) is 17.2. The Morgan fingerprint density at radius 1 is 1.23 bits per heavy atom. The van der Waals surface area contributed by atoms with Gasteiger partial charge in [0.05, 0.1) is 23.3 Å². The molecular formula is C23H26ClFN2O3. The average molecular weight is 433 g/mol. The van der Waals surface area contributed by atoms with Crippen molar-refractivity contribution in [1.29, 1.82) is 0 Å². The van der Waals surface area contributed by atoms with E-state index in [4.69, 9.17) is 16.3 Å². The lowest BCUT2D eigenvalue weighted by molar-refractivity contribution is -0.0340. The number of halogens is 2. The minimum Gasteiger partial charge on any atom is -0.373 e. The van der Waals surface area contributed by atoms with Gasteiger partial charge in [-0.2, -0.15) is 0 Å². The van der Waals surface area contributed by atoms with E-state index in [9.17, 15) is 14.0 Å². The van der Waals surface area contributed by atoms with Crippen LogP contribution in [0.25, 0.3) is 0 Å². The maximum Gasteiger partial charge on any atom is 0.255 e. The predicted octanol–water partition coefficient (Wildman–Crippen LogP) is 4.12. The summed E-state index contributed by atoms with van der Waals surface area (Å²) < 4.78 is 19.4. The van der Waals surface area contributed by atoms with Crippen LogP contribution in [0.4, 0.5) is 4.39 Å². The van der Waals surface area contributed by atoms with Crippen LogP contribution in [-0.4, -0.2) is 60.5 Å². The first-order chi connectivity index (χ1) is 14.3. The molecule has 1 aliphatic heterocycles. The van der Waals surface area contributed by atoms with E-state index in [0.717, 1.165) is 0 Å². The van der Waals surface area contributed by atoms with Gasteiger partial charge in [0.15, 0.2) is 0 Å². The Morgan fingerprint density at radius 2 is 2.00 bits per heavy atom. The Balaban J connectivity index is 1.72. The van der Waals surface area contributed by atoms with Crippen LogP contribution < -0.4 is 0 Å². The number of amides is 2. The summed E-state index contributed by atoms with van der Waals surface area (Å²) >= 11 is 6.18. The predicted molar refractivity (Wildman–Crippen MR) is 114 cm³/mol. The molecule has 3 rings (SSSR count). The molecule has 7 heteroatoms. The molecule has 2 aromatic carbocycles. The molecule has 160 valence electrons. The number of nitrogens with zero attached hydrogens (tertiary/aromatic N) is 2. The van der Waals surface area contributed by atoms with Crippen molar-refractivity contribution >= 4 is 23.4 Å². The molecule has 1 unspecified atom stereocenters. The van der Waals surface area contributed by atoms with Gasteiger partial charge in [0.2, 0.25) is 0 Å². The van der Waals surface area contributed by atoms with Crippen molar-refractivity contribution in [1.82, 2.24) is 9.80 Å². The summed E-state index contributed by atoms with van der Waals surface area (Å²) in [6, 6.07) is 12.6. The van der Waals surface area contributed by atoms with Crippen molar-refractivity contribution in [2.45, 2.75) is 20.0 Å². The van der Waals surface area contributed by atoms with E-state index < -0.39 is 5.82 Å². The van der Waals surface area contributed by atoms with Crippen molar-refractivity contribution in [3.8, 4) is 0 Å². The second-order valence-electron chi connectivity index (χ2n) is 7.84. The zero-order valence-corrected chi connectivity index (χ0v) is 17.9. The number of benzene rings is 2. The van der Waals surface area contributed by atoms with Gasteiger partial charge in [0.1, 0.15) is 5.82 Å². The fourth-order valence-corrected chi connectivity index (χ4v) is 3.77. The molecule has 1 atom stereocenters. The molecule has 1 saturated heterocycles. The second-order valence-corrected chi connectivity index (χ2v) is 8.25. The van der Waals surface area contributed by atoms with Crippen LogP contribution in [0.15, 0.2) is 48.5 Å². The summed E-state index contributed by atoms with van der Waals surface area (Å²) in [6.45, 7) is 6.05. The number of rotatable bonds is 6. The fourth-order valence-electron chi connectivity index (χ4n) is 3.55. The summed E-state index contributed by atoms with van der Waals surface area (Å²) in [5.74, 6) is -0.621. The fraction of sp³-hybridized carbons (Fsp3) is 0.391. The van der Waals surface area contributed by atoms with Gasteiger partial charge in [-0.3, -0.25) is 9.59 Å². The first-order valence-corrected chi connectivity index (χ1v) is 10.4. The molecule has 1 heterocycles. The normalized spacial score (nSPS) is 16.6. The Kier molecular flexibility index (Phi) is 7.45. The van der Waals surface area contributed by atoms with Crippen LogP contribution in [0.1, 0.15) is 34.6 Å². The standard InChI is InChI=1S/C23H26ClFN2O3/c1-16(2)13-27(22(28)17-6-5-7-18(25)12-17)15-19-14-26(10-11-30-19)23(29)20-8-3-4-9-21(20)24/h3-9,12,16,19H,10-11,13-15H2,1-2H3. The van der Waals surface area contributed by atoms with Crippen molar-refractivity contribution in [3.63, 3.8) is 0 Å². The number of carbonyl (C=O) groups excluding carboxylic acids is 2. The second kappa shape index (κ2) is 10.0. The molecule has 0 N–H and O–H groups in total. The topological polar surface area (TPSA) is 49.9 Å². The maximum absolute atomic E-state index is 13.6. The van der Waals surface area contributed by atoms with E-state index >= 15 is 0 Å². The lowest BCUT2D eigenvalue weighted by atomic mass is 10.1. The third-order valence-electron chi connectivity index (χ3n) is 4.90. The van der Waals surface area contributed by atoms with Crippen LogP contribution in [0.5, 0.6) is 0 Å². The van der Waals surface area contributed by atoms with Gasteiger partial charge in [0.25, 0.3) is 11.8 Å². The zero-order chi connectivity index (χ0) is 21.7. The van der Waals surface area contributed by atoms with Crippen LogP contribution in [0, 0.1) is 11.7 Å². The smallest absolute Gasteiger partial charge is 0.255 e. The van der Waals surface area contributed by atoms with Gasteiger partial charge in [-0.1, -0.05) is 43.6 Å². The minimum atomic E-state index is -0.448. The third kappa shape index (κ3) is 5.58. The van der Waals surface area contributed by atoms with Crippen molar-refractivity contribution < 1.29 is 18.7 Å². The summed E-state index contributed by atoms with van der Waals surface area (Å²) in [5.41, 5.74) is 0.755. The first kappa shape index (κ1) is 22.2. The Morgan fingerprint density at radius 3 is 2.70 bits per heavy atom.